The number of carbonyl (C=O) groups is 1. The zero-order valence-corrected chi connectivity index (χ0v) is 12.8. The van der Waals surface area contributed by atoms with E-state index in [9.17, 15) is 4.79 Å². The maximum atomic E-state index is 12.6. The summed E-state index contributed by atoms with van der Waals surface area (Å²) >= 11 is 2.26. The molecule has 0 radical (unpaired) electrons. The second-order valence-electron chi connectivity index (χ2n) is 5.08. The van der Waals surface area contributed by atoms with Crippen LogP contribution in [0.4, 0.5) is 0 Å². The highest BCUT2D eigenvalue weighted by atomic mass is 127. The maximum Gasteiger partial charge on any atom is 0.166 e. The van der Waals surface area contributed by atoms with Crippen LogP contribution in [0.15, 0.2) is 48.5 Å². The van der Waals surface area contributed by atoms with Crippen LogP contribution in [0.2, 0.25) is 0 Å². The summed E-state index contributed by atoms with van der Waals surface area (Å²) < 4.78 is 1.12. The Bertz CT molecular complexity index is 618. The van der Waals surface area contributed by atoms with Crippen molar-refractivity contribution >= 4 is 28.4 Å². The minimum absolute atomic E-state index is 0.146. The first-order chi connectivity index (χ1) is 9.24. The predicted molar refractivity (Wildman–Crippen MR) is 85.4 cm³/mol. The van der Waals surface area contributed by atoms with Gasteiger partial charge in [0.05, 0.1) is 0 Å². The first-order valence-corrected chi connectivity index (χ1v) is 7.68. The van der Waals surface area contributed by atoms with Crippen LogP contribution in [0.1, 0.15) is 27.9 Å². The van der Waals surface area contributed by atoms with E-state index in [4.69, 9.17) is 0 Å². The molecule has 1 atom stereocenters. The molecule has 0 heterocycles. The van der Waals surface area contributed by atoms with Gasteiger partial charge in [-0.3, -0.25) is 4.79 Å². The number of halogens is 1. The van der Waals surface area contributed by atoms with Gasteiger partial charge in [-0.1, -0.05) is 36.4 Å². The zero-order valence-electron chi connectivity index (χ0n) is 10.6. The molecule has 2 aromatic carbocycles. The van der Waals surface area contributed by atoms with Gasteiger partial charge in [0.25, 0.3) is 0 Å². The van der Waals surface area contributed by atoms with Crippen LogP contribution in [0.25, 0.3) is 0 Å². The minimum atomic E-state index is 0.146. The minimum Gasteiger partial charge on any atom is -0.294 e. The van der Waals surface area contributed by atoms with Gasteiger partial charge in [-0.05, 0) is 65.1 Å². The molecular weight excluding hydrogens is 347 g/mol. The number of rotatable bonds is 2. The summed E-state index contributed by atoms with van der Waals surface area (Å²) in [6.45, 7) is 0. The molecule has 0 aliphatic heterocycles. The predicted octanol–water partition coefficient (Wildman–Crippen LogP) is 4.28. The van der Waals surface area contributed by atoms with E-state index in [0.29, 0.717) is 5.78 Å². The second-order valence-corrected chi connectivity index (χ2v) is 6.33. The molecule has 1 aliphatic carbocycles. The van der Waals surface area contributed by atoms with Crippen LogP contribution in [0.3, 0.4) is 0 Å². The Morgan fingerprint density at radius 3 is 2.63 bits per heavy atom. The first kappa shape index (κ1) is 12.9. The van der Waals surface area contributed by atoms with Gasteiger partial charge in [0, 0.05) is 15.1 Å². The first-order valence-electron chi connectivity index (χ1n) is 6.60. The van der Waals surface area contributed by atoms with Gasteiger partial charge >= 0.3 is 0 Å². The highest BCUT2D eigenvalue weighted by Gasteiger charge is 2.25. The monoisotopic (exact) mass is 362 g/mol. The maximum absolute atomic E-state index is 12.6. The van der Waals surface area contributed by atoms with E-state index in [1.54, 1.807) is 0 Å². The van der Waals surface area contributed by atoms with Crippen molar-refractivity contribution in [1.29, 1.82) is 0 Å². The molecule has 0 spiro atoms. The fourth-order valence-electron chi connectivity index (χ4n) is 2.80. The van der Waals surface area contributed by atoms with Gasteiger partial charge in [0.1, 0.15) is 0 Å². The fourth-order valence-corrected chi connectivity index (χ4v) is 3.34. The Morgan fingerprint density at radius 2 is 1.84 bits per heavy atom. The van der Waals surface area contributed by atoms with Gasteiger partial charge in [-0.15, -0.1) is 0 Å². The molecule has 96 valence electrons. The van der Waals surface area contributed by atoms with E-state index >= 15 is 0 Å². The lowest BCUT2D eigenvalue weighted by Gasteiger charge is -2.23. The summed E-state index contributed by atoms with van der Waals surface area (Å²) in [5, 5.41) is 0. The van der Waals surface area contributed by atoms with Gasteiger partial charge in [-0.2, -0.15) is 0 Å². The third kappa shape index (κ3) is 2.73. The number of aryl methyl sites for hydroxylation is 1. The topological polar surface area (TPSA) is 17.1 Å². The molecule has 2 heteroatoms. The molecule has 0 saturated carbocycles. The molecule has 1 aliphatic rings. The zero-order chi connectivity index (χ0) is 13.2. The van der Waals surface area contributed by atoms with Gasteiger partial charge in [0.15, 0.2) is 5.78 Å². The smallest absolute Gasteiger partial charge is 0.166 e. The van der Waals surface area contributed by atoms with Crippen LogP contribution in [0.5, 0.6) is 0 Å². The van der Waals surface area contributed by atoms with Crippen molar-refractivity contribution in [2.75, 3.05) is 0 Å². The number of carbonyl (C=O) groups excluding carboxylic acids is 1. The molecule has 0 amide bonds. The normalized spacial score (nSPS) is 17.8. The highest BCUT2D eigenvalue weighted by molar-refractivity contribution is 14.1. The largest absolute Gasteiger partial charge is 0.294 e. The molecular formula is C17H15IO. The number of hydrogen-bond acceptors (Lipinski definition) is 1. The average molecular weight is 362 g/mol. The van der Waals surface area contributed by atoms with E-state index in [1.807, 2.05) is 24.3 Å². The van der Waals surface area contributed by atoms with E-state index in [1.165, 1.54) is 11.1 Å². The van der Waals surface area contributed by atoms with Crippen LogP contribution in [-0.4, -0.2) is 5.78 Å². The Morgan fingerprint density at radius 1 is 1.05 bits per heavy atom. The average Bonchev–Trinajstić information content (AvgIpc) is 2.46. The Balaban J connectivity index is 1.83. The van der Waals surface area contributed by atoms with Gasteiger partial charge < -0.3 is 0 Å². The Labute approximate surface area is 127 Å². The van der Waals surface area contributed by atoms with Crippen molar-refractivity contribution in [2.45, 2.75) is 19.3 Å². The van der Waals surface area contributed by atoms with Crippen molar-refractivity contribution in [2.24, 2.45) is 5.92 Å². The number of benzene rings is 2. The Kier molecular flexibility index (Phi) is 3.69. The number of fused-ring (bicyclic) bond motifs is 1. The van der Waals surface area contributed by atoms with Crippen molar-refractivity contribution in [3.05, 3.63) is 68.8 Å². The van der Waals surface area contributed by atoms with Crippen LogP contribution in [0, 0.1) is 9.49 Å². The summed E-state index contributed by atoms with van der Waals surface area (Å²) in [5.74, 6) is 0.445. The van der Waals surface area contributed by atoms with Gasteiger partial charge in [-0.25, -0.2) is 0 Å². The summed E-state index contributed by atoms with van der Waals surface area (Å²) in [4.78, 5) is 12.6. The second kappa shape index (κ2) is 5.45. The summed E-state index contributed by atoms with van der Waals surface area (Å²) in [5.41, 5.74) is 3.61. The van der Waals surface area contributed by atoms with E-state index in [2.05, 4.69) is 46.9 Å². The SMILES string of the molecule is O=C(c1cccc(I)c1)C1CCc2ccccc2C1. The molecule has 0 aromatic heterocycles. The van der Waals surface area contributed by atoms with Crippen molar-refractivity contribution in [3.63, 3.8) is 0 Å². The van der Waals surface area contributed by atoms with Crippen LogP contribution < -0.4 is 0 Å². The Hall–Kier alpha value is -1.16. The van der Waals surface area contributed by atoms with Crippen molar-refractivity contribution in [1.82, 2.24) is 0 Å². The summed E-state index contributed by atoms with van der Waals surface area (Å²) in [6.07, 6.45) is 2.89. The standard InChI is InChI=1S/C17H15IO/c18-16-7-3-6-14(11-16)17(19)15-9-8-12-4-1-2-5-13(12)10-15/h1-7,11,15H,8-10H2. The van der Waals surface area contributed by atoms with Crippen LogP contribution >= 0.6 is 22.6 Å². The number of ketones is 1. The van der Waals surface area contributed by atoms with Crippen molar-refractivity contribution in [3.8, 4) is 0 Å². The van der Waals surface area contributed by atoms with Crippen molar-refractivity contribution < 1.29 is 4.79 Å². The molecule has 0 fully saturated rings. The summed E-state index contributed by atoms with van der Waals surface area (Å²) in [7, 11) is 0. The fraction of sp³-hybridized carbons (Fsp3) is 0.235. The van der Waals surface area contributed by atoms with Gasteiger partial charge in [0.2, 0.25) is 0 Å². The number of Topliss-reactive ketones (excluding diaryl/α,β-unsaturated/α-hetero) is 1. The summed E-state index contributed by atoms with van der Waals surface area (Å²) in [6, 6.07) is 16.4. The van der Waals surface area contributed by atoms with Crippen LogP contribution in [-0.2, 0) is 12.8 Å². The lowest BCUT2D eigenvalue weighted by Crippen LogP contribution is -2.22. The molecule has 0 N–H and O–H groups in total. The quantitative estimate of drug-likeness (QED) is 0.576. The molecule has 1 unspecified atom stereocenters. The van der Waals surface area contributed by atoms with E-state index < -0.39 is 0 Å². The third-order valence-electron chi connectivity index (χ3n) is 3.83. The molecule has 0 saturated heterocycles. The lowest BCUT2D eigenvalue weighted by atomic mass is 9.80. The highest BCUT2D eigenvalue weighted by Crippen LogP contribution is 2.28. The third-order valence-corrected chi connectivity index (χ3v) is 4.50. The molecule has 2 aromatic rings. The molecule has 1 nitrogen and oxygen atoms in total. The molecule has 0 bridgehead atoms. The molecule has 3 rings (SSSR count). The molecule has 19 heavy (non-hydrogen) atoms. The lowest BCUT2D eigenvalue weighted by molar-refractivity contribution is 0.0908. The van der Waals surface area contributed by atoms with E-state index in [-0.39, 0.29) is 5.92 Å². The number of hydrogen-bond donors (Lipinski definition) is 0. The van der Waals surface area contributed by atoms with E-state index in [0.717, 1.165) is 28.4 Å².